The summed E-state index contributed by atoms with van der Waals surface area (Å²) in [6.07, 6.45) is 4.57. The molecule has 1 saturated carbocycles. The molecule has 1 aliphatic rings. The lowest BCUT2D eigenvalue weighted by atomic mass is 9.81. The summed E-state index contributed by atoms with van der Waals surface area (Å²) in [6.45, 7) is 4.21. The first-order valence-electron chi connectivity index (χ1n) is 7.14. The molecule has 5 nitrogen and oxygen atoms in total. The molecule has 7 heteroatoms. The number of rotatable bonds is 5. The van der Waals surface area contributed by atoms with Crippen molar-refractivity contribution in [3.05, 3.63) is 16.5 Å². The first kappa shape index (κ1) is 16.5. The molecule has 118 valence electrons. The van der Waals surface area contributed by atoms with Gasteiger partial charge in [-0.2, -0.15) is 0 Å². The van der Waals surface area contributed by atoms with Gasteiger partial charge in [-0.3, -0.25) is 0 Å². The molecule has 0 amide bonds. The summed E-state index contributed by atoms with van der Waals surface area (Å²) in [5.41, 5.74) is 0.485. The maximum Gasteiger partial charge on any atom is 0.346 e. The van der Waals surface area contributed by atoms with E-state index < -0.39 is 16.0 Å². The molecule has 2 atom stereocenters. The number of carboxylic acid groups (broad SMARTS) is 1. The van der Waals surface area contributed by atoms with Gasteiger partial charge in [0.15, 0.2) is 0 Å². The number of carbonyl (C=O) groups is 1. The Morgan fingerprint density at radius 3 is 2.67 bits per heavy atom. The molecule has 0 radical (unpaired) electrons. The molecule has 1 aromatic rings. The standard InChI is InChI=1S/C14H21NO4S2/c1-9-5-3-4-6-11(9)8-15-21(18,19)12-7-10(2)13(20-12)14(16)17/h7,9,11,15H,3-6,8H2,1-2H3,(H,16,17). The van der Waals surface area contributed by atoms with E-state index in [1.54, 1.807) is 6.92 Å². The highest BCUT2D eigenvalue weighted by atomic mass is 32.2. The normalized spacial score (nSPS) is 23.1. The summed E-state index contributed by atoms with van der Waals surface area (Å²) in [4.78, 5) is 11.1. The molecule has 1 fully saturated rings. The molecule has 1 aromatic heterocycles. The van der Waals surface area contributed by atoms with Gasteiger partial charge >= 0.3 is 5.97 Å². The smallest absolute Gasteiger partial charge is 0.346 e. The Morgan fingerprint density at radius 1 is 1.43 bits per heavy atom. The summed E-state index contributed by atoms with van der Waals surface area (Å²) in [5, 5.41) is 9.01. The van der Waals surface area contributed by atoms with E-state index in [1.165, 1.54) is 12.5 Å². The average Bonchev–Trinajstić information content (AvgIpc) is 2.81. The van der Waals surface area contributed by atoms with Gasteiger partial charge in [0.1, 0.15) is 9.09 Å². The number of aryl methyl sites for hydroxylation is 1. The molecule has 0 aliphatic heterocycles. The quantitative estimate of drug-likeness (QED) is 0.869. The minimum Gasteiger partial charge on any atom is -0.477 e. The van der Waals surface area contributed by atoms with Crippen molar-refractivity contribution in [2.24, 2.45) is 11.8 Å². The van der Waals surface area contributed by atoms with Crippen LogP contribution < -0.4 is 4.72 Å². The molecule has 21 heavy (non-hydrogen) atoms. The predicted octanol–water partition coefficient (Wildman–Crippen LogP) is 2.86. The number of nitrogens with one attached hydrogen (secondary N) is 1. The molecule has 0 aromatic carbocycles. The van der Waals surface area contributed by atoms with Gasteiger partial charge < -0.3 is 5.11 Å². The van der Waals surface area contributed by atoms with Crippen LogP contribution in [-0.4, -0.2) is 26.0 Å². The van der Waals surface area contributed by atoms with E-state index in [9.17, 15) is 13.2 Å². The lowest BCUT2D eigenvalue weighted by Crippen LogP contribution is -2.33. The zero-order valence-corrected chi connectivity index (χ0v) is 13.9. The van der Waals surface area contributed by atoms with Crippen LogP contribution in [0.4, 0.5) is 0 Å². The maximum absolute atomic E-state index is 12.3. The van der Waals surface area contributed by atoms with Crippen molar-refractivity contribution in [3.8, 4) is 0 Å². The SMILES string of the molecule is Cc1cc(S(=O)(=O)NCC2CCCCC2C)sc1C(=O)O. The van der Waals surface area contributed by atoms with Gasteiger partial charge in [-0.1, -0.05) is 26.2 Å². The summed E-state index contributed by atoms with van der Waals surface area (Å²) >= 11 is 0.812. The predicted molar refractivity (Wildman–Crippen MR) is 82.3 cm³/mol. The number of aromatic carboxylic acids is 1. The summed E-state index contributed by atoms with van der Waals surface area (Å²) in [5.74, 6) is -0.186. The van der Waals surface area contributed by atoms with Crippen LogP contribution in [0.2, 0.25) is 0 Å². The molecule has 0 saturated heterocycles. The van der Waals surface area contributed by atoms with E-state index in [4.69, 9.17) is 5.11 Å². The van der Waals surface area contributed by atoms with Crippen LogP contribution in [-0.2, 0) is 10.0 Å². The van der Waals surface area contributed by atoms with Gasteiger partial charge in [-0.05, 0) is 36.8 Å². The minimum absolute atomic E-state index is 0.0841. The van der Waals surface area contributed by atoms with E-state index in [-0.39, 0.29) is 9.09 Å². The Balaban J connectivity index is 2.08. The molecule has 0 spiro atoms. The Hall–Kier alpha value is -0.920. The monoisotopic (exact) mass is 331 g/mol. The van der Waals surface area contributed by atoms with Gasteiger partial charge in [0.2, 0.25) is 10.0 Å². The molecule has 2 N–H and O–H groups in total. The Labute approximate surface area is 129 Å². The van der Waals surface area contributed by atoms with Crippen LogP contribution in [0.1, 0.15) is 47.8 Å². The van der Waals surface area contributed by atoms with E-state index in [1.807, 2.05) is 0 Å². The number of thiophene rings is 1. The van der Waals surface area contributed by atoms with Crippen LogP contribution >= 0.6 is 11.3 Å². The third-order valence-electron chi connectivity index (χ3n) is 4.18. The fourth-order valence-electron chi connectivity index (χ4n) is 2.78. The molecular weight excluding hydrogens is 310 g/mol. The molecule has 0 bridgehead atoms. The highest BCUT2D eigenvalue weighted by Crippen LogP contribution is 2.30. The maximum atomic E-state index is 12.3. The number of hydrogen-bond acceptors (Lipinski definition) is 4. The molecule has 1 heterocycles. The second kappa shape index (κ2) is 6.46. The summed E-state index contributed by atoms with van der Waals surface area (Å²) in [6, 6.07) is 1.43. The fraction of sp³-hybridized carbons (Fsp3) is 0.643. The second-order valence-corrected chi connectivity index (χ2v) is 8.80. The van der Waals surface area contributed by atoms with Crippen molar-refractivity contribution in [1.82, 2.24) is 4.72 Å². The van der Waals surface area contributed by atoms with Crippen molar-refractivity contribution in [3.63, 3.8) is 0 Å². The van der Waals surface area contributed by atoms with Crippen LogP contribution in [0.15, 0.2) is 10.3 Å². The van der Waals surface area contributed by atoms with E-state index in [0.717, 1.165) is 30.6 Å². The Morgan fingerprint density at radius 2 is 2.10 bits per heavy atom. The van der Waals surface area contributed by atoms with Crippen LogP contribution in [0.25, 0.3) is 0 Å². The van der Waals surface area contributed by atoms with Crippen LogP contribution in [0.5, 0.6) is 0 Å². The lowest BCUT2D eigenvalue weighted by molar-refractivity contribution is 0.0701. The van der Waals surface area contributed by atoms with Crippen molar-refractivity contribution >= 4 is 27.3 Å². The summed E-state index contributed by atoms with van der Waals surface area (Å²) in [7, 11) is -3.61. The van der Waals surface area contributed by atoms with Gasteiger partial charge in [-0.25, -0.2) is 17.9 Å². The second-order valence-electron chi connectivity index (χ2n) is 5.76. The number of sulfonamides is 1. The largest absolute Gasteiger partial charge is 0.477 e. The third kappa shape index (κ3) is 3.84. The first-order chi connectivity index (χ1) is 9.81. The van der Waals surface area contributed by atoms with Gasteiger partial charge in [0, 0.05) is 6.54 Å². The van der Waals surface area contributed by atoms with E-state index in [0.29, 0.717) is 23.9 Å². The number of hydrogen-bond donors (Lipinski definition) is 2. The third-order valence-corrected chi connectivity index (χ3v) is 7.30. The van der Waals surface area contributed by atoms with Crippen molar-refractivity contribution in [2.75, 3.05) is 6.54 Å². The first-order valence-corrected chi connectivity index (χ1v) is 9.44. The topological polar surface area (TPSA) is 83.5 Å². The van der Waals surface area contributed by atoms with Gasteiger partial charge in [-0.15, -0.1) is 11.3 Å². The van der Waals surface area contributed by atoms with Crippen molar-refractivity contribution in [1.29, 1.82) is 0 Å². The zero-order valence-electron chi connectivity index (χ0n) is 12.3. The fourth-order valence-corrected chi connectivity index (χ4v) is 5.30. The highest BCUT2D eigenvalue weighted by Gasteiger charge is 2.25. The molecule has 1 aliphatic carbocycles. The van der Waals surface area contributed by atoms with E-state index >= 15 is 0 Å². The van der Waals surface area contributed by atoms with Crippen LogP contribution in [0.3, 0.4) is 0 Å². The van der Waals surface area contributed by atoms with Gasteiger partial charge in [0.05, 0.1) is 0 Å². The van der Waals surface area contributed by atoms with Crippen LogP contribution in [0, 0.1) is 18.8 Å². The molecular formula is C14H21NO4S2. The average molecular weight is 331 g/mol. The van der Waals surface area contributed by atoms with Crippen molar-refractivity contribution < 1.29 is 18.3 Å². The van der Waals surface area contributed by atoms with Gasteiger partial charge in [0.25, 0.3) is 0 Å². The Bertz CT molecular complexity index is 621. The van der Waals surface area contributed by atoms with E-state index in [2.05, 4.69) is 11.6 Å². The lowest BCUT2D eigenvalue weighted by Gasteiger charge is -2.28. The van der Waals surface area contributed by atoms with Crippen molar-refractivity contribution in [2.45, 2.75) is 43.7 Å². The highest BCUT2D eigenvalue weighted by molar-refractivity contribution is 7.91. The molecule has 2 unspecified atom stereocenters. The Kier molecular flexibility index (Phi) is 5.06. The minimum atomic E-state index is -3.61. The zero-order chi connectivity index (χ0) is 15.6. The summed E-state index contributed by atoms with van der Waals surface area (Å²) < 4.78 is 27.3. The number of carboxylic acids is 1. The molecule has 2 rings (SSSR count).